The van der Waals surface area contributed by atoms with Gasteiger partial charge in [0, 0.05) is 5.69 Å². The van der Waals surface area contributed by atoms with Crippen LogP contribution in [0.25, 0.3) is 11.3 Å². The maximum absolute atomic E-state index is 12.3. The first-order valence-corrected chi connectivity index (χ1v) is 7.25. The van der Waals surface area contributed by atoms with Crippen molar-refractivity contribution < 1.29 is 19.1 Å². The molecule has 0 aliphatic rings. The third kappa shape index (κ3) is 3.66. The number of carbonyl (C=O) groups is 2. The second kappa shape index (κ2) is 7.40. The summed E-state index contributed by atoms with van der Waals surface area (Å²) < 4.78 is 9.80. The van der Waals surface area contributed by atoms with Gasteiger partial charge >= 0.3 is 11.9 Å². The predicted octanol–water partition coefficient (Wildman–Crippen LogP) is 2.40. The Morgan fingerprint density at radius 1 is 1.00 bits per heavy atom. The quantitative estimate of drug-likeness (QED) is 0.856. The molecule has 0 unspecified atom stereocenters. The van der Waals surface area contributed by atoms with Gasteiger partial charge in [-0.05, 0) is 25.5 Å². The number of rotatable bonds is 5. The molecule has 6 nitrogen and oxygen atoms in total. The van der Waals surface area contributed by atoms with Crippen LogP contribution in [0.2, 0.25) is 0 Å². The molecule has 0 fully saturated rings. The molecule has 1 aromatic carbocycles. The van der Waals surface area contributed by atoms with E-state index in [0.717, 1.165) is 0 Å². The third-order valence-electron chi connectivity index (χ3n) is 3.09. The molecule has 1 aromatic heterocycles. The summed E-state index contributed by atoms with van der Waals surface area (Å²) in [5, 5.41) is 0. The van der Waals surface area contributed by atoms with E-state index in [0.29, 0.717) is 11.3 Å². The lowest BCUT2D eigenvalue weighted by molar-refractivity contribution is 0.0477. The van der Waals surface area contributed by atoms with Gasteiger partial charge in [0.1, 0.15) is 5.56 Å². The maximum Gasteiger partial charge on any atom is 0.344 e. The summed E-state index contributed by atoms with van der Waals surface area (Å²) in [6, 6.07) is 10.4. The van der Waals surface area contributed by atoms with Crippen molar-refractivity contribution in [2.24, 2.45) is 0 Å². The van der Waals surface area contributed by atoms with Crippen molar-refractivity contribution in [2.75, 3.05) is 13.2 Å². The Hall–Kier alpha value is -2.89. The fraction of sp³-hybridized carbons (Fsp3) is 0.235. The third-order valence-corrected chi connectivity index (χ3v) is 3.09. The number of nitrogens with one attached hydrogen (secondary N) is 1. The smallest absolute Gasteiger partial charge is 0.344 e. The molecule has 23 heavy (non-hydrogen) atoms. The molecule has 1 N–H and O–H groups in total. The number of hydrogen-bond donors (Lipinski definition) is 1. The second-order valence-electron chi connectivity index (χ2n) is 4.61. The fourth-order valence-corrected chi connectivity index (χ4v) is 2.11. The summed E-state index contributed by atoms with van der Waals surface area (Å²) in [4.78, 5) is 39.0. The molecule has 0 aliphatic heterocycles. The molecule has 0 bridgehead atoms. The summed E-state index contributed by atoms with van der Waals surface area (Å²) in [7, 11) is 0. The number of carbonyl (C=O) groups excluding carboxylic acids is 2. The summed E-state index contributed by atoms with van der Waals surface area (Å²) in [6.07, 6.45) is 0. The number of ether oxygens (including phenoxy) is 2. The highest BCUT2D eigenvalue weighted by Crippen LogP contribution is 2.19. The van der Waals surface area contributed by atoms with Gasteiger partial charge in [-0.2, -0.15) is 0 Å². The molecule has 1 heterocycles. The molecule has 2 rings (SSSR count). The lowest BCUT2D eigenvalue weighted by Gasteiger charge is -2.10. The first kappa shape index (κ1) is 16.5. The van der Waals surface area contributed by atoms with E-state index >= 15 is 0 Å². The first-order chi connectivity index (χ1) is 11.1. The average Bonchev–Trinajstić information content (AvgIpc) is 2.55. The van der Waals surface area contributed by atoms with Crippen LogP contribution in [-0.2, 0) is 9.47 Å². The van der Waals surface area contributed by atoms with Crippen molar-refractivity contribution >= 4 is 11.9 Å². The second-order valence-corrected chi connectivity index (χ2v) is 4.61. The Labute approximate surface area is 133 Å². The van der Waals surface area contributed by atoms with Crippen LogP contribution in [0.1, 0.15) is 34.6 Å². The van der Waals surface area contributed by atoms with Gasteiger partial charge in [0.15, 0.2) is 0 Å². The van der Waals surface area contributed by atoms with Crippen molar-refractivity contribution in [3.63, 3.8) is 0 Å². The van der Waals surface area contributed by atoms with E-state index < -0.39 is 17.5 Å². The van der Waals surface area contributed by atoms with Crippen molar-refractivity contribution in [3.8, 4) is 11.3 Å². The predicted molar refractivity (Wildman–Crippen MR) is 84.4 cm³/mol. The molecule has 0 aliphatic carbocycles. The van der Waals surface area contributed by atoms with Crippen LogP contribution in [0.4, 0.5) is 0 Å². The molecule has 120 valence electrons. The van der Waals surface area contributed by atoms with E-state index in [1.54, 1.807) is 38.1 Å². The lowest BCUT2D eigenvalue weighted by atomic mass is 10.0. The van der Waals surface area contributed by atoms with Crippen LogP contribution >= 0.6 is 0 Å². The number of aromatic amines is 1. The standard InChI is InChI=1S/C17H17NO5/c1-3-22-16(20)12-10-13(11-8-6-5-7-9-11)18-15(19)14(12)17(21)23-4-2/h5-10H,3-4H2,1-2H3,(H,18,19). The summed E-state index contributed by atoms with van der Waals surface area (Å²) in [5.41, 5.74) is 0.00278. The van der Waals surface area contributed by atoms with Crippen molar-refractivity contribution in [2.45, 2.75) is 13.8 Å². The van der Waals surface area contributed by atoms with Crippen molar-refractivity contribution in [3.05, 3.63) is 57.9 Å². The number of pyridine rings is 1. The Morgan fingerprint density at radius 2 is 1.61 bits per heavy atom. The molecule has 0 saturated heterocycles. The molecule has 0 spiro atoms. The van der Waals surface area contributed by atoms with Crippen LogP contribution in [0, 0.1) is 0 Å². The molecule has 0 radical (unpaired) electrons. The van der Waals surface area contributed by atoms with Crippen LogP contribution < -0.4 is 5.56 Å². The van der Waals surface area contributed by atoms with Gasteiger partial charge in [0.25, 0.3) is 5.56 Å². The normalized spacial score (nSPS) is 10.2. The monoisotopic (exact) mass is 315 g/mol. The maximum atomic E-state index is 12.3. The SMILES string of the molecule is CCOC(=O)c1cc(-c2ccccc2)[nH]c(=O)c1C(=O)OCC. The molecule has 0 saturated carbocycles. The van der Waals surface area contributed by atoms with Gasteiger partial charge in [-0.1, -0.05) is 30.3 Å². The van der Waals surface area contributed by atoms with E-state index in [9.17, 15) is 14.4 Å². The Morgan fingerprint density at radius 3 is 2.22 bits per heavy atom. The fourth-order valence-electron chi connectivity index (χ4n) is 2.11. The minimum absolute atomic E-state index is 0.0982. The molecular weight excluding hydrogens is 298 g/mol. The molecule has 0 atom stereocenters. The highest BCUT2D eigenvalue weighted by atomic mass is 16.5. The van der Waals surface area contributed by atoms with Gasteiger partial charge in [-0.25, -0.2) is 9.59 Å². The van der Waals surface area contributed by atoms with E-state index in [4.69, 9.17) is 9.47 Å². The average molecular weight is 315 g/mol. The largest absolute Gasteiger partial charge is 0.462 e. The van der Waals surface area contributed by atoms with Gasteiger partial charge < -0.3 is 14.5 Å². The highest BCUT2D eigenvalue weighted by molar-refractivity contribution is 6.03. The summed E-state index contributed by atoms with van der Waals surface area (Å²) in [5.74, 6) is -1.59. The number of benzene rings is 1. The van der Waals surface area contributed by atoms with Crippen LogP contribution in [0.5, 0.6) is 0 Å². The topological polar surface area (TPSA) is 85.5 Å². The zero-order valence-corrected chi connectivity index (χ0v) is 12.9. The van der Waals surface area contributed by atoms with Crippen molar-refractivity contribution in [1.82, 2.24) is 4.98 Å². The van der Waals surface area contributed by atoms with E-state index in [-0.39, 0.29) is 24.3 Å². The first-order valence-electron chi connectivity index (χ1n) is 7.25. The minimum Gasteiger partial charge on any atom is -0.462 e. The minimum atomic E-state index is -0.851. The Balaban J connectivity index is 2.62. The number of hydrogen-bond acceptors (Lipinski definition) is 5. The van der Waals surface area contributed by atoms with E-state index in [2.05, 4.69) is 4.98 Å². The highest BCUT2D eigenvalue weighted by Gasteiger charge is 2.24. The van der Waals surface area contributed by atoms with Gasteiger partial charge in [0.05, 0.1) is 18.8 Å². The van der Waals surface area contributed by atoms with Gasteiger partial charge in [-0.3, -0.25) is 4.79 Å². The van der Waals surface area contributed by atoms with Crippen LogP contribution in [-0.4, -0.2) is 30.1 Å². The van der Waals surface area contributed by atoms with E-state index in [1.807, 2.05) is 6.07 Å². The molecule has 2 aromatic rings. The number of aromatic nitrogens is 1. The molecule has 6 heteroatoms. The van der Waals surface area contributed by atoms with Gasteiger partial charge in [-0.15, -0.1) is 0 Å². The summed E-state index contributed by atoms with van der Waals surface area (Å²) >= 11 is 0. The van der Waals surface area contributed by atoms with E-state index in [1.165, 1.54) is 6.07 Å². The van der Waals surface area contributed by atoms with Crippen molar-refractivity contribution in [1.29, 1.82) is 0 Å². The van der Waals surface area contributed by atoms with Gasteiger partial charge in [0.2, 0.25) is 0 Å². The van der Waals surface area contributed by atoms with Crippen LogP contribution in [0.15, 0.2) is 41.2 Å². The summed E-state index contributed by atoms with van der Waals surface area (Å²) in [6.45, 7) is 3.50. The number of H-pyrrole nitrogens is 1. The molecule has 0 amide bonds. The number of esters is 2. The van der Waals surface area contributed by atoms with Crippen LogP contribution in [0.3, 0.4) is 0 Å². The zero-order chi connectivity index (χ0) is 16.8. The molecular formula is C17H17NO5. The Bertz CT molecular complexity index is 764. The zero-order valence-electron chi connectivity index (χ0n) is 12.9. The Kier molecular flexibility index (Phi) is 5.30. The lowest BCUT2D eigenvalue weighted by Crippen LogP contribution is -2.25.